The minimum atomic E-state index is -0.529. The smallest absolute Gasteiger partial charge is 0.407 e. The lowest BCUT2D eigenvalue weighted by atomic mass is 9.68. The minimum absolute atomic E-state index is 0.173. The molecule has 2 rings (SSSR count). The summed E-state index contributed by atoms with van der Waals surface area (Å²) in [6.07, 6.45) is 4.63. The van der Waals surface area contributed by atoms with E-state index in [2.05, 4.69) is 21.4 Å². The highest BCUT2D eigenvalue weighted by atomic mass is 35.5. The number of esters is 1. The zero-order valence-electron chi connectivity index (χ0n) is 18.6. The van der Waals surface area contributed by atoms with Crippen molar-refractivity contribution in [3.63, 3.8) is 0 Å². The second kappa shape index (κ2) is 11.0. The largest absolute Gasteiger partial charge is 0.469 e. The summed E-state index contributed by atoms with van der Waals surface area (Å²) >= 11 is 6.26. The van der Waals surface area contributed by atoms with Gasteiger partial charge in [0.25, 0.3) is 0 Å². The van der Waals surface area contributed by atoms with Gasteiger partial charge in [-0.15, -0.1) is 0 Å². The number of carbonyl (C=O) groups excluding carboxylic acids is 2. The molecule has 1 amide bonds. The lowest BCUT2D eigenvalue weighted by Crippen LogP contribution is -2.47. The van der Waals surface area contributed by atoms with Crippen LogP contribution in [0.1, 0.15) is 64.9 Å². The average Bonchev–Trinajstić information content (AvgIpc) is 2.69. The van der Waals surface area contributed by atoms with Crippen molar-refractivity contribution in [2.24, 2.45) is 0 Å². The maximum absolute atomic E-state index is 12.3. The van der Waals surface area contributed by atoms with E-state index < -0.39 is 11.7 Å². The normalized spacial score (nSPS) is 21.7. The summed E-state index contributed by atoms with van der Waals surface area (Å²) in [5.41, 5.74) is 0.445. The number of methoxy groups -OCH3 is 1. The number of ether oxygens (including phenoxy) is 2. The number of carbonyl (C=O) groups is 2. The Labute approximate surface area is 185 Å². The molecule has 6 nitrogen and oxygen atoms in total. The third-order valence-corrected chi connectivity index (χ3v) is 5.80. The van der Waals surface area contributed by atoms with Crippen LogP contribution in [0.4, 0.5) is 4.79 Å². The Bertz CT molecular complexity index is 709. The monoisotopic (exact) mass is 438 g/mol. The second-order valence-electron chi connectivity index (χ2n) is 9.05. The van der Waals surface area contributed by atoms with Gasteiger partial charge in [0.05, 0.1) is 7.11 Å². The second-order valence-corrected chi connectivity index (χ2v) is 9.49. The van der Waals surface area contributed by atoms with Crippen molar-refractivity contribution in [2.75, 3.05) is 20.2 Å². The van der Waals surface area contributed by atoms with Crippen LogP contribution in [0.25, 0.3) is 0 Å². The molecule has 1 fully saturated rings. The zero-order valence-corrected chi connectivity index (χ0v) is 19.3. The van der Waals surface area contributed by atoms with Gasteiger partial charge in [-0.05, 0) is 77.1 Å². The van der Waals surface area contributed by atoms with Crippen LogP contribution < -0.4 is 10.6 Å². The van der Waals surface area contributed by atoms with Gasteiger partial charge < -0.3 is 20.1 Å². The van der Waals surface area contributed by atoms with Crippen LogP contribution in [0.15, 0.2) is 24.3 Å². The molecule has 1 aliphatic carbocycles. The van der Waals surface area contributed by atoms with Crippen molar-refractivity contribution in [2.45, 2.75) is 76.4 Å². The van der Waals surface area contributed by atoms with Gasteiger partial charge in [-0.25, -0.2) is 4.79 Å². The fourth-order valence-corrected chi connectivity index (χ4v) is 4.15. The molecule has 0 radical (unpaired) electrons. The molecule has 0 spiro atoms. The molecule has 1 saturated carbocycles. The van der Waals surface area contributed by atoms with Crippen molar-refractivity contribution in [3.05, 3.63) is 34.9 Å². The van der Waals surface area contributed by atoms with Crippen LogP contribution in [0.2, 0.25) is 5.02 Å². The van der Waals surface area contributed by atoms with E-state index in [1.165, 1.54) is 7.11 Å². The molecule has 0 atom stereocenters. The third-order valence-electron chi connectivity index (χ3n) is 5.57. The van der Waals surface area contributed by atoms with Gasteiger partial charge in [-0.3, -0.25) is 4.79 Å². The van der Waals surface area contributed by atoms with Crippen molar-refractivity contribution in [1.29, 1.82) is 0 Å². The average molecular weight is 439 g/mol. The van der Waals surface area contributed by atoms with Crippen molar-refractivity contribution < 1.29 is 19.1 Å². The van der Waals surface area contributed by atoms with Gasteiger partial charge in [0.15, 0.2) is 0 Å². The summed E-state index contributed by atoms with van der Waals surface area (Å²) < 4.78 is 10.1. The molecule has 7 heteroatoms. The van der Waals surface area contributed by atoms with Crippen LogP contribution in [-0.4, -0.2) is 43.9 Å². The molecule has 0 aliphatic heterocycles. The summed E-state index contributed by atoms with van der Waals surface area (Å²) in [5, 5.41) is 7.23. The number of halogens is 1. The molecule has 0 saturated heterocycles. The molecule has 1 aliphatic rings. The molecule has 168 valence electrons. The summed E-state index contributed by atoms with van der Waals surface area (Å²) in [4.78, 5) is 23.5. The lowest BCUT2D eigenvalue weighted by molar-refractivity contribution is -0.140. The van der Waals surface area contributed by atoms with E-state index in [4.69, 9.17) is 16.3 Å². The maximum Gasteiger partial charge on any atom is 0.407 e. The van der Waals surface area contributed by atoms with Gasteiger partial charge in [0.1, 0.15) is 5.60 Å². The van der Waals surface area contributed by atoms with E-state index in [1.54, 1.807) is 0 Å². The Morgan fingerprint density at radius 2 is 1.93 bits per heavy atom. The molecule has 30 heavy (non-hydrogen) atoms. The standard InChI is InChI=1S/C23H35ClN2O4/c1-22(2,3)30-21(28)26-16-23(17-7-5-8-18(24)15-17)12-10-19(11-13-23)25-14-6-9-20(27)29-4/h5,7-8,15,19,25H,6,9-14,16H2,1-4H3,(H,26,28)/t19-,23-. The molecular weight excluding hydrogens is 404 g/mol. The first-order valence-electron chi connectivity index (χ1n) is 10.7. The molecule has 0 unspecified atom stereocenters. The van der Waals surface area contributed by atoms with E-state index in [-0.39, 0.29) is 11.4 Å². The molecule has 0 bridgehead atoms. The summed E-state index contributed by atoms with van der Waals surface area (Å²) in [7, 11) is 1.41. The Hall–Kier alpha value is -1.79. The Morgan fingerprint density at radius 3 is 2.53 bits per heavy atom. The SMILES string of the molecule is COC(=O)CCCN[C@H]1CC[C@](CNC(=O)OC(C)(C)C)(c2cccc(Cl)c2)CC1. The quantitative estimate of drug-likeness (QED) is 0.458. The van der Waals surface area contributed by atoms with E-state index >= 15 is 0 Å². The van der Waals surface area contributed by atoms with E-state index in [9.17, 15) is 9.59 Å². The van der Waals surface area contributed by atoms with Crippen LogP contribution in [0, 0.1) is 0 Å². The number of hydrogen-bond acceptors (Lipinski definition) is 5. The van der Waals surface area contributed by atoms with E-state index in [1.807, 2.05) is 39.0 Å². The van der Waals surface area contributed by atoms with Gasteiger partial charge >= 0.3 is 12.1 Å². The molecule has 0 aromatic heterocycles. The van der Waals surface area contributed by atoms with Gasteiger partial charge in [0, 0.05) is 29.4 Å². The fourth-order valence-electron chi connectivity index (χ4n) is 3.96. The van der Waals surface area contributed by atoms with Crippen LogP contribution >= 0.6 is 11.6 Å². The highest BCUT2D eigenvalue weighted by Crippen LogP contribution is 2.40. The van der Waals surface area contributed by atoms with Gasteiger partial charge in [0.2, 0.25) is 0 Å². The summed E-state index contributed by atoms with van der Waals surface area (Å²) in [5.74, 6) is -0.173. The number of nitrogens with one attached hydrogen (secondary N) is 2. The van der Waals surface area contributed by atoms with Gasteiger partial charge in [-0.1, -0.05) is 23.7 Å². The van der Waals surface area contributed by atoms with Gasteiger partial charge in [-0.2, -0.15) is 0 Å². The number of alkyl carbamates (subject to hydrolysis) is 1. The summed E-state index contributed by atoms with van der Waals surface area (Å²) in [6, 6.07) is 8.32. The van der Waals surface area contributed by atoms with Crippen LogP contribution in [-0.2, 0) is 19.7 Å². The third kappa shape index (κ3) is 7.80. The molecule has 0 heterocycles. The molecular formula is C23H35ClN2O4. The van der Waals surface area contributed by atoms with Crippen molar-refractivity contribution in [3.8, 4) is 0 Å². The predicted molar refractivity (Wildman–Crippen MR) is 119 cm³/mol. The number of rotatable bonds is 8. The first kappa shape index (κ1) is 24.5. The van der Waals surface area contributed by atoms with Crippen molar-refractivity contribution in [1.82, 2.24) is 10.6 Å². The minimum Gasteiger partial charge on any atom is -0.469 e. The maximum atomic E-state index is 12.3. The Balaban J connectivity index is 1.97. The Morgan fingerprint density at radius 1 is 1.23 bits per heavy atom. The topological polar surface area (TPSA) is 76.7 Å². The predicted octanol–water partition coefficient (Wildman–Crippen LogP) is 4.59. The van der Waals surface area contributed by atoms with Crippen LogP contribution in [0.5, 0.6) is 0 Å². The van der Waals surface area contributed by atoms with E-state index in [0.717, 1.165) is 44.2 Å². The number of hydrogen-bond donors (Lipinski definition) is 2. The lowest BCUT2D eigenvalue weighted by Gasteiger charge is -2.41. The number of amides is 1. The molecule has 2 N–H and O–H groups in total. The first-order valence-corrected chi connectivity index (χ1v) is 11.0. The summed E-state index contributed by atoms with van der Waals surface area (Å²) in [6.45, 7) is 6.88. The Kier molecular flexibility index (Phi) is 8.98. The highest BCUT2D eigenvalue weighted by Gasteiger charge is 2.37. The van der Waals surface area contributed by atoms with Crippen molar-refractivity contribution >= 4 is 23.7 Å². The van der Waals surface area contributed by atoms with Crippen LogP contribution in [0.3, 0.4) is 0 Å². The fraction of sp³-hybridized carbons (Fsp3) is 0.652. The molecule has 1 aromatic carbocycles. The first-order chi connectivity index (χ1) is 14.1. The molecule has 1 aromatic rings. The zero-order chi connectivity index (χ0) is 22.2. The van der Waals surface area contributed by atoms with E-state index in [0.29, 0.717) is 24.0 Å². The highest BCUT2D eigenvalue weighted by molar-refractivity contribution is 6.30. The number of benzene rings is 1.